The molecule has 0 spiro atoms. The van der Waals surface area contributed by atoms with E-state index in [1.54, 1.807) is 12.3 Å². The van der Waals surface area contributed by atoms with Crippen molar-refractivity contribution in [3.8, 4) is 0 Å². The van der Waals surface area contributed by atoms with Gasteiger partial charge in [-0.2, -0.15) is 0 Å². The molecule has 0 aromatic rings. The van der Waals surface area contributed by atoms with Crippen molar-refractivity contribution in [2.75, 3.05) is 20.3 Å². The van der Waals surface area contributed by atoms with Crippen molar-refractivity contribution in [2.45, 2.75) is 111 Å². The summed E-state index contributed by atoms with van der Waals surface area (Å²) in [5, 5.41) is 1.66. The molecule has 1 aliphatic heterocycles. The number of allylic oxidation sites excluding steroid dienone is 2. The second-order valence-electron chi connectivity index (χ2n) is 10.8. The summed E-state index contributed by atoms with van der Waals surface area (Å²) in [5.41, 5.74) is 0. The van der Waals surface area contributed by atoms with Gasteiger partial charge in [0.1, 0.15) is 0 Å². The molecule has 0 aromatic carbocycles. The fourth-order valence-corrected chi connectivity index (χ4v) is 25.1. The molecule has 5 heteroatoms. The molecule has 2 unspecified atom stereocenters. The standard InChI is InChI=1S/C14H23O3Si.3C4H9.Sn/c1-15-10-11-8-9-16-14(17-11)12-6-5-7-13(12)18(2,3)4;3*1-3-4-2;/h5,7,11-12,14H,8-10H2,1-4H3;3*1,3-4H2,2H3;/t11-,12?,14?;;;;/m0..../s1. The Labute approximate surface area is 198 Å². The fourth-order valence-electron chi connectivity index (χ4n) is 5.52. The summed E-state index contributed by atoms with van der Waals surface area (Å²) < 4.78 is 24.8. The Morgan fingerprint density at radius 2 is 1.55 bits per heavy atom. The SMILES string of the molecule is CCC[CH2][Sn]([CH2]CCC)([CH2]CCC)[C]1=CC=C([Si](C)(C)C)C1C1OCC[C@@H](COC)O1. The summed E-state index contributed by atoms with van der Waals surface area (Å²) in [5.74, 6) is 0.382. The van der Waals surface area contributed by atoms with Crippen molar-refractivity contribution in [1.29, 1.82) is 0 Å². The zero-order valence-electron chi connectivity index (χ0n) is 21.6. The Morgan fingerprint density at radius 1 is 0.968 bits per heavy atom. The van der Waals surface area contributed by atoms with Crippen molar-refractivity contribution in [2.24, 2.45) is 5.92 Å². The van der Waals surface area contributed by atoms with E-state index in [0.29, 0.717) is 12.5 Å². The van der Waals surface area contributed by atoms with Crippen molar-refractivity contribution >= 4 is 26.5 Å². The quantitative estimate of drug-likeness (QED) is 0.207. The minimum atomic E-state index is -2.55. The molecule has 3 nitrogen and oxygen atoms in total. The van der Waals surface area contributed by atoms with Crippen LogP contribution in [0.4, 0.5) is 0 Å². The maximum absolute atomic E-state index is 6.60. The zero-order chi connectivity index (χ0) is 22.9. The van der Waals surface area contributed by atoms with E-state index in [1.807, 2.05) is 3.59 Å². The molecule has 180 valence electrons. The summed E-state index contributed by atoms with van der Waals surface area (Å²) in [6.07, 6.45) is 14.3. The van der Waals surface area contributed by atoms with Gasteiger partial charge in [0.25, 0.3) is 0 Å². The summed E-state index contributed by atoms with van der Waals surface area (Å²) in [6, 6.07) is 0. The average molecular weight is 557 g/mol. The van der Waals surface area contributed by atoms with Crippen LogP contribution in [0.3, 0.4) is 0 Å². The van der Waals surface area contributed by atoms with Crippen LogP contribution >= 0.6 is 0 Å². The van der Waals surface area contributed by atoms with Gasteiger partial charge < -0.3 is 0 Å². The molecule has 0 bridgehead atoms. The third kappa shape index (κ3) is 7.43. The van der Waals surface area contributed by atoms with Gasteiger partial charge in [-0.15, -0.1) is 0 Å². The number of ether oxygens (including phenoxy) is 3. The van der Waals surface area contributed by atoms with Crippen LogP contribution in [0.1, 0.15) is 65.7 Å². The molecule has 0 amide bonds. The van der Waals surface area contributed by atoms with Gasteiger partial charge in [-0.1, -0.05) is 0 Å². The molecule has 0 aromatic heterocycles. The third-order valence-electron chi connectivity index (χ3n) is 7.29. The second kappa shape index (κ2) is 13.3. The van der Waals surface area contributed by atoms with Crippen molar-refractivity contribution in [3.63, 3.8) is 0 Å². The first-order valence-corrected chi connectivity index (χ1v) is 24.0. The molecule has 0 saturated carbocycles. The number of hydrogen-bond acceptors (Lipinski definition) is 3. The minimum absolute atomic E-state index is 0.110. The van der Waals surface area contributed by atoms with Gasteiger partial charge in [0.15, 0.2) is 0 Å². The average Bonchev–Trinajstić information content (AvgIpc) is 3.20. The van der Waals surface area contributed by atoms with Crippen LogP contribution in [0.25, 0.3) is 0 Å². The molecule has 1 saturated heterocycles. The van der Waals surface area contributed by atoms with E-state index in [9.17, 15) is 0 Å². The van der Waals surface area contributed by atoms with E-state index in [4.69, 9.17) is 14.2 Å². The summed E-state index contributed by atoms with van der Waals surface area (Å²) in [6.45, 7) is 16.1. The zero-order valence-corrected chi connectivity index (χ0v) is 25.5. The summed E-state index contributed by atoms with van der Waals surface area (Å²) in [7, 11) is 0.307. The van der Waals surface area contributed by atoms with Crippen LogP contribution in [-0.2, 0) is 14.2 Å². The molecule has 31 heavy (non-hydrogen) atoms. The van der Waals surface area contributed by atoms with Gasteiger partial charge in [-0.05, 0) is 0 Å². The fraction of sp³-hybridized carbons (Fsp3) is 0.846. The second-order valence-corrected chi connectivity index (χ2v) is 29.1. The predicted molar refractivity (Wildman–Crippen MR) is 139 cm³/mol. The monoisotopic (exact) mass is 558 g/mol. The normalized spacial score (nSPS) is 24.9. The van der Waals surface area contributed by atoms with Crippen molar-refractivity contribution in [3.05, 3.63) is 20.9 Å². The molecular weight excluding hydrogens is 507 g/mol. The first kappa shape index (κ1) is 27.6. The Kier molecular flexibility index (Phi) is 11.9. The van der Waals surface area contributed by atoms with Crippen LogP contribution in [0.2, 0.25) is 33.0 Å². The third-order valence-corrected chi connectivity index (χ3v) is 25.6. The van der Waals surface area contributed by atoms with E-state index >= 15 is 0 Å². The van der Waals surface area contributed by atoms with Crippen molar-refractivity contribution in [1.82, 2.24) is 0 Å². The predicted octanol–water partition coefficient (Wildman–Crippen LogP) is 7.51. The van der Waals surface area contributed by atoms with Crippen LogP contribution in [0, 0.1) is 5.92 Å². The van der Waals surface area contributed by atoms with Crippen LogP contribution < -0.4 is 0 Å². The van der Waals surface area contributed by atoms with E-state index < -0.39 is 26.5 Å². The van der Waals surface area contributed by atoms with E-state index in [2.05, 4.69) is 52.6 Å². The van der Waals surface area contributed by atoms with Gasteiger partial charge in [0.2, 0.25) is 0 Å². The van der Waals surface area contributed by atoms with Crippen molar-refractivity contribution < 1.29 is 14.2 Å². The molecule has 2 aliphatic rings. The van der Waals surface area contributed by atoms with E-state index in [1.165, 1.54) is 51.8 Å². The van der Waals surface area contributed by atoms with Crippen LogP contribution in [0.15, 0.2) is 20.9 Å². The molecule has 0 N–H and O–H groups in total. The Hall–Kier alpha value is 0.376. The van der Waals surface area contributed by atoms with Gasteiger partial charge in [0.05, 0.1) is 0 Å². The van der Waals surface area contributed by atoms with E-state index in [-0.39, 0.29) is 12.4 Å². The molecule has 3 atom stereocenters. The first-order chi connectivity index (χ1) is 14.8. The number of methoxy groups -OCH3 is 1. The first-order valence-electron chi connectivity index (χ1n) is 13.0. The number of unbranched alkanes of at least 4 members (excludes halogenated alkanes) is 3. The molecular formula is C26H50O3SiSn. The van der Waals surface area contributed by atoms with Gasteiger partial charge in [-0.25, -0.2) is 0 Å². The molecule has 1 fully saturated rings. The van der Waals surface area contributed by atoms with Gasteiger partial charge >= 0.3 is 199 Å². The topological polar surface area (TPSA) is 27.7 Å². The van der Waals surface area contributed by atoms with Gasteiger partial charge in [-0.3, -0.25) is 0 Å². The summed E-state index contributed by atoms with van der Waals surface area (Å²) in [4.78, 5) is 0. The Balaban J connectivity index is 2.43. The van der Waals surface area contributed by atoms with E-state index in [0.717, 1.165) is 13.0 Å². The number of hydrogen-bond donors (Lipinski definition) is 0. The number of rotatable bonds is 14. The molecule has 2 rings (SSSR count). The van der Waals surface area contributed by atoms with Crippen LogP contribution in [0.5, 0.6) is 0 Å². The molecule has 1 aliphatic carbocycles. The molecule has 1 heterocycles. The Bertz CT molecular complexity index is 572. The Morgan fingerprint density at radius 3 is 2.03 bits per heavy atom. The van der Waals surface area contributed by atoms with Crippen LogP contribution in [-0.4, -0.2) is 59.2 Å². The van der Waals surface area contributed by atoms with Gasteiger partial charge in [0, 0.05) is 0 Å². The molecule has 0 radical (unpaired) electrons. The summed E-state index contributed by atoms with van der Waals surface area (Å²) >= 11 is -2.55. The maximum atomic E-state index is 6.60.